The third-order valence-electron chi connectivity index (χ3n) is 5.68. The minimum atomic E-state index is -3.38. The van der Waals surface area contributed by atoms with Crippen LogP contribution in [0.2, 0.25) is 0 Å². The maximum Gasteiger partial charge on any atom is 0.238 e. The summed E-state index contributed by atoms with van der Waals surface area (Å²) in [6.07, 6.45) is 4.61. The Labute approximate surface area is 174 Å². The van der Waals surface area contributed by atoms with Crippen LogP contribution in [0.15, 0.2) is 18.3 Å². The number of pyridine rings is 1. The molecule has 3 rings (SSSR count). The quantitative estimate of drug-likeness (QED) is 0.705. The third-order valence-corrected chi connectivity index (χ3v) is 7.75. The molecular formula is C20H33N5O3S. The zero-order chi connectivity index (χ0) is 20.9. The number of carbonyl (C=O) groups excluding carboxylic acids is 1. The molecule has 0 bridgehead atoms. The van der Waals surface area contributed by atoms with Crippen molar-refractivity contribution in [3.63, 3.8) is 0 Å². The molecule has 2 saturated heterocycles. The van der Waals surface area contributed by atoms with Gasteiger partial charge in [-0.2, -0.15) is 4.31 Å². The summed E-state index contributed by atoms with van der Waals surface area (Å²) < 4.78 is 26.4. The van der Waals surface area contributed by atoms with Crippen molar-refractivity contribution < 1.29 is 13.2 Å². The number of likely N-dealkylation sites (N-methyl/N-ethyl adjacent to an activating group) is 1. The molecule has 0 saturated carbocycles. The molecule has 1 amide bonds. The van der Waals surface area contributed by atoms with Crippen molar-refractivity contribution in [2.24, 2.45) is 0 Å². The Balaban J connectivity index is 1.56. The summed E-state index contributed by atoms with van der Waals surface area (Å²) in [5.41, 5.74) is 0.912. The number of sulfonamides is 1. The molecule has 0 aliphatic carbocycles. The van der Waals surface area contributed by atoms with Gasteiger partial charge >= 0.3 is 0 Å². The number of aromatic nitrogens is 1. The Kier molecular flexibility index (Phi) is 7.48. The van der Waals surface area contributed by atoms with Crippen LogP contribution in [0.4, 0.5) is 5.82 Å². The number of piperazine rings is 1. The summed E-state index contributed by atoms with van der Waals surface area (Å²) in [7, 11) is -1.26. The number of nitrogens with zero attached hydrogens (tertiary/aromatic N) is 4. The van der Waals surface area contributed by atoms with E-state index in [1.807, 2.05) is 19.1 Å². The fraction of sp³-hybridized carbons (Fsp3) is 0.700. The van der Waals surface area contributed by atoms with Crippen LogP contribution in [-0.4, -0.2) is 80.1 Å². The van der Waals surface area contributed by atoms with Gasteiger partial charge in [-0.3, -0.25) is 4.79 Å². The van der Waals surface area contributed by atoms with Gasteiger partial charge < -0.3 is 15.1 Å². The molecule has 0 radical (unpaired) electrons. The van der Waals surface area contributed by atoms with E-state index >= 15 is 0 Å². The highest BCUT2D eigenvalue weighted by molar-refractivity contribution is 7.89. The standard InChI is InChI=1S/C20H33N5O3S/c1-3-14-29(27,28)25-9-5-4-6-18(25)20(26)22-16-17-7-8-19(21-15-17)24-12-10-23(2)11-13-24/h7-8,15,18H,3-6,9-14,16H2,1-2H3,(H,22,26). The van der Waals surface area contributed by atoms with Gasteiger partial charge in [-0.15, -0.1) is 0 Å². The summed E-state index contributed by atoms with van der Waals surface area (Å²) in [4.78, 5) is 21.8. The second-order valence-electron chi connectivity index (χ2n) is 7.97. The van der Waals surface area contributed by atoms with E-state index < -0.39 is 16.1 Å². The predicted octanol–water partition coefficient (Wildman–Crippen LogP) is 1.04. The third kappa shape index (κ3) is 5.67. The number of amides is 1. The molecule has 1 aromatic heterocycles. The van der Waals surface area contributed by atoms with Crippen molar-refractivity contribution in [3.05, 3.63) is 23.9 Å². The highest BCUT2D eigenvalue weighted by Crippen LogP contribution is 2.22. The maximum atomic E-state index is 12.7. The fourth-order valence-electron chi connectivity index (χ4n) is 3.93. The van der Waals surface area contributed by atoms with E-state index in [2.05, 4.69) is 27.1 Å². The smallest absolute Gasteiger partial charge is 0.238 e. The van der Waals surface area contributed by atoms with Gasteiger partial charge in [0, 0.05) is 45.5 Å². The highest BCUT2D eigenvalue weighted by atomic mass is 32.2. The minimum absolute atomic E-state index is 0.0917. The first-order chi connectivity index (χ1) is 13.9. The molecule has 1 N–H and O–H groups in total. The largest absolute Gasteiger partial charge is 0.354 e. The fourth-order valence-corrected chi connectivity index (χ4v) is 5.67. The molecule has 1 aromatic rings. The molecule has 3 heterocycles. The first kappa shape index (κ1) is 22.0. The molecule has 0 aromatic carbocycles. The average molecular weight is 424 g/mol. The number of carbonyl (C=O) groups is 1. The Hall–Kier alpha value is -1.71. The predicted molar refractivity (Wildman–Crippen MR) is 114 cm³/mol. The van der Waals surface area contributed by atoms with Gasteiger partial charge in [0.05, 0.1) is 5.75 Å². The molecule has 162 valence electrons. The van der Waals surface area contributed by atoms with E-state index in [9.17, 15) is 13.2 Å². The number of anilines is 1. The maximum absolute atomic E-state index is 12.7. The van der Waals surface area contributed by atoms with Crippen LogP contribution in [0.1, 0.15) is 38.2 Å². The lowest BCUT2D eigenvalue weighted by Gasteiger charge is -2.33. The Morgan fingerprint density at radius 1 is 1.17 bits per heavy atom. The minimum Gasteiger partial charge on any atom is -0.354 e. The van der Waals surface area contributed by atoms with Crippen molar-refractivity contribution in [1.29, 1.82) is 0 Å². The highest BCUT2D eigenvalue weighted by Gasteiger charge is 2.35. The number of hydrogen-bond donors (Lipinski definition) is 1. The van der Waals surface area contributed by atoms with Crippen molar-refractivity contribution in [1.82, 2.24) is 19.5 Å². The van der Waals surface area contributed by atoms with E-state index in [-0.39, 0.29) is 11.7 Å². The van der Waals surface area contributed by atoms with Crippen LogP contribution in [0, 0.1) is 0 Å². The molecule has 1 unspecified atom stereocenters. The average Bonchev–Trinajstić information content (AvgIpc) is 2.73. The van der Waals surface area contributed by atoms with Gasteiger partial charge in [0.2, 0.25) is 15.9 Å². The molecule has 8 nitrogen and oxygen atoms in total. The van der Waals surface area contributed by atoms with Gasteiger partial charge in [0.15, 0.2) is 0 Å². The van der Waals surface area contributed by atoms with E-state index in [1.165, 1.54) is 4.31 Å². The number of nitrogens with one attached hydrogen (secondary N) is 1. The Morgan fingerprint density at radius 2 is 1.93 bits per heavy atom. The number of piperidine rings is 1. The molecule has 2 aliphatic heterocycles. The Bertz CT molecular complexity index is 776. The summed E-state index contributed by atoms with van der Waals surface area (Å²) in [5, 5.41) is 2.91. The van der Waals surface area contributed by atoms with E-state index in [0.717, 1.165) is 50.4 Å². The Morgan fingerprint density at radius 3 is 2.59 bits per heavy atom. The molecule has 1 atom stereocenters. The molecular weight excluding hydrogens is 390 g/mol. The van der Waals surface area contributed by atoms with E-state index in [1.54, 1.807) is 6.20 Å². The second kappa shape index (κ2) is 9.86. The van der Waals surface area contributed by atoms with Crippen LogP contribution in [0.3, 0.4) is 0 Å². The first-order valence-corrected chi connectivity index (χ1v) is 12.2. The number of rotatable bonds is 7. The molecule has 29 heavy (non-hydrogen) atoms. The van der Waals surface area contributed by atoms with Gasteiger partial charge in [-0.25, -0.2) is 13.4 Å². The van der Waals surface area contributed by atoms with Gasteiger partial charge in [-0.05, 0) is 37.9 Å². The van der Waals surface area contributed by atoms with Gasteiger partial charge in [0.1, 0.15) is 11.9 Å². The molecule has 9 heteroatoms. The zero-order valence-electron chi connectivity index (χ0n) is 17.5. The van der Waals surface area contributed by atoms with Crippen molar-refractivity contribution in [2.75, 3.05) is 50.4 Å². The monoisotopic (exact) mass is 423 g/mol. The van der Waals surface area contributed by atoms with E-state index in [0.29, 0.717) is 25.9 Å². The normalized spacial score (nSPS) is 21.9. The molecule has 2 aliphatic rings. The van der Waals surface area contributed by atoms with E-state index in [4.69, 9.17) is 0 Å². The van der Waals surface area contributed by atoms with Crippen molar-refractivity contribution in [2.45, 2.75) is 45.2 Å². The van der Waals surface area contributed by atoms with Crippen molar-refractivity contribution >= 4 is 21.7 Å². The topological polar surface area (TPSA) is 85.8 Å². The van der Waals surface area contributed by atoms with Gasteiger partial charge in [0.25, 0.3) is 0 Å². The molecule has 2 fully saturated rings. The van der Waals surface area contributed by atoms with Gasteiger partial charge in [-0.1, -0.05) is 19.4 Å². The lowest BCUT2D eigenvalue weighted by Crippen LogP contribution is -2.52. The second-order valence-corrected chi connectivity index (χ2v) is 10.0. The number of hydrogen-bond acceptors (Lipinski definition) is 6. The van der Waals surface area contributed by atoms with Crippen LogP contribution in [0.25, 0.3) is 0 Å². The summed E-state index contributed by atoms with van der Waals surface area (Å²) in [6, 6.07) is 3.37. The van der Waals surface area contributed by atoms with Crippen LogP contribution >= 0.6 is 0 Å². The lowest BCUT2D eigenvalue weighted by atomic mass is 10.0. The molecule has 0 spiro atoms. The van der Waals surface area contributed by atoms with Crippen LogP contribution < -0.4 is 10.2 Å². The van der Waals surface area contributed by atoms with Crippen molar-refractivity contribution in [3.8, 4) is 0 Å². The SMILES string of the molecule is CCCS(=O)(=O)N1CCCCC1C(=O)NCc1ccc(N2CCN(C)CC2)nc1. The summed E-state index contributed by atoms with van der Waals surface area (Å²) in [5.74, 6) is 0.832. The van der Waals surface area contributed by atoms with Crippen LogP contribution in [-0.2, 0) is 21.4 Å². The summed E-state index contributed by atoms with van der Waals surface area (Å²) >= 11 is 0. The first-order valence-electron chi connectivity index (χ1n) is 10.6. The summed E-state index contributed by atoms with van der Waals surface area (Å²) in [6.45, 7) is 6.60. The lowest BCUT2D eigenvalue weighted by molar-refractivity contribution is -0.125. The zero-order valence-corrected chi connectivity index (χ0v) is 18.3. The van der Waals surface area contributed by atoms with Crippen LogP contribution in [0.5, 0.6) is 0 Å².